The van der Waals surface area contributed by atoms with Crippen LogP contribution in [0.4, 0.5) is 8.78 Å². The monoisotopic (exact) mass is 305 g/mol. The average Bonchev–Trinajstić information content (AvgIpc) is 3.06. The number of benzene rings is 1. The van der Waals surface area contributed by atoms with Crippen molar-refractivity contribution in [2.24, 2.45) is 5.73 Å². The quantitative estimate of drug-likeness (QED) is 0.871. The van der Waals surface area contributed by atoms with E-state index in [1.54, 1.807) is 6.07 Å². The first-order valence-electron chi connectivity index (χ1n) is 5.41. The molecular formula is C12H14BrF2NO. The Morgan fingerprint density at radius 3 is 2.41 bits per heavy atom. The molecule has 1 aromatic rings. The molecule has 0 aromatic heterocycles. The molecule has 0 radical (unpaired) electrons. The molecule has 1 fully saturated rings. The maximum Gasteiger partial charge on any atom is 0.202 e. The Bertz CT molecular complexity index is 458. The van der Waals surface area contributed by atoms with E-state index in [0.29, 0.717) is 5.56 Å². The second-order valence-corrected chi connectivity index (χ2v) is 5.37. The fourth-order valence-electron chi connectivity index (χ4n) is 2.25. The molecule has 0 aliphatic heterocycles. The molecule has 1 aromatic carbocycles. The highest BCUT2D eigenvalue weighted by Crippen LogP contribution is 2.54. The van der Waals surface area contributed by atoms with E-state index in [4.69, 9.17) is 10.5 Å². The molecule has 0 spiro atoms. The number of methoxy groups -OCH3 is 1. The van der Waals surface area contributed by atoms with Gasteiger partial charge in [-0.1, -0.05) is 0 Å². The Hall–Kier alpha value is -0.680. The average molecular weight is 306 g/mol. The zero-order chi connectivity index (χ0) is 12.8. The standard InChI is InChI=1S/C12H14BrF2NO/c1-6(16)12(3-4-12)7-5-8(13)9(14)10(15)11(7)17-2/h5-6H,3-4,16H2,1-2H3. The lowest BCUT2D eigenvalue weighted by Crippen LogP contribution is -2.32. The van der Waals surface area contributed by atoms with Crippen molar-refractivity contribution in [3.63, 3.8) is 0 Å². The zero-order valence-electron chi connectivity index (χ0n) is 9.69. The molecule has 1 aliphatic rings. The van der Waals surface area contributed by atoms with Gasteiger partial charge in [0.2, 0.25) is 5.82 Å². The highest BCUT2D eigenvalue weighted by molar-refractivity contribution is 9.10. The zero-order valence-corrected chi connectivity index (χ0v) is 11.3. The first-order chi connectivity index (χ1) is 7.94. The van der Waals surface area contributed by atoms with Gasteiger partial charge >= 0.3 is 0 Å². The van der Waals surface area contributed by atoms with E-state index >= 15 is 0 Å². The molecule has 1 atom stereocenters. The Labute approximate surface area is 107 Å². The summed E-state index contributed by atoms with van der Waals surface area (Å²) < 4.78 is 32.3. The minimum atomic E-state index is -0.955. The number of halogens is 3. The van der Waals surface area contributed by atoms with Gasteiger partial charge in [-0.2, -0.15) is 4.39 Å². The van der Waals surface area contributed by atoms with Gasteiger partial charge in [0.15, 0.2) is 11.6 Å². The van der Waals surface area contributed by atoms with E-state index in [1.165, 1.54) is 7.11 Å². The van der Waals surface area contributed by atoms with E-state index in [2.05, 4.69) is 15.9 Å². The van der Waals surface area contributed by atoms with Crippen molar-refractivity contribution >= 4 is 15.9 Å². The maximum atomic E-state index is 13.8. The SMILES string of the molecule is COc1c(C2(C(C)N)CC2)cc(Br)c(F)c1F. The van der Waals surface area contributed by atoms with Crippen LogP contribution in [0.25, 0.3) is 0 Å². The molecule has 1 aliphatic carbocycles. The van der Waals surface area contributed by atoms with E-state index in [0.717, 1.165) is 12.8 Å². The topological polar surface area (TPSA) is 35.2 Å². The van der Waals surface area contributed by atoms with E-state index in [9.17, 15) is 8.78 Å². The third kappa shape index (κ3) is 1.85. The minimum Gasteiger partial charge on any atom is -0.493 e. The van der Waals surface area contributed by atoms with Crippen LogP contribution in [0.5, 0.6) is 5.75 Å². The fourth-order valence-corrected chi connectivity index (χ4v) is 2.66. The third-order valence-corrected chi connectivity index (χ3v) is 4.10. The summed E-state index contributed by atoms with van der Waals surface area (Å²) in [5.41, 5.74) is 6.32. The Morgan fingerprint density at radius 1 is 1.41 bits per heavy atom. The predicted molar refractivity (Wildman–Crippen MR) is 65.2 cm³/mol. The van der Waals surface area contributed by atoms with Crippen molar-refractivity contribution < 1.29 is 13.5 Å². The van der Waals surface area contributed by atoms with Crippen LogP contribution >= 0.6 is 15.9 Å². The molecule has 5 heteroatoms. The lowest BCUT2D eigenvalue weighted by molar-refractivity contribution is 0.357. The highest BCUT2D eigenvalue weighted by Gasteiger charge is 2.50. The molecule has 2 N–H and O–H groups in total. The first kappa shape index (κ1) is 12.8. The second kappa shape index (κ2) is 4.21. The van der Waals surface area contributed by atoms with Crippen LogP contribution in [-0.4, -0.2) is 13.2 Å². The van der Waals surface area contributed by atoms with Crippen LogP contribution in [0, 0.1) is 11.6 Å². The van der Waals surface area contributed by atoms with Crippen molar-refractivity contribution in [1.29, 1.82) is 0 Å². The van der Waals surface area contributed by atoms with Gasteiger partial charge in [-0.15, -0.1) is 0 Å². The number of nitrogens with two attached hydrogens (primary N) is 1. The minimum absolute atomic E-state index is 0.0273. The smallest absolute Gasteiger partial charge is 0.202 e. The normalized spacial score (nSPS) is 18.9. The first-order valence-corrected chi connectivity index (χ1v) is 6.21. The van der Waals surface area contributed by atoms with Crippen LogP contribution in [0.3, 0.4) is 0 Å². The molecule has 1 saturated carbocycles. The Balaban J connectivity index is 2.62. The highest BCUT2D eigenvalue weighted by atomic mass is 79.9. The van der Waals surface area contributed by atoms with Gasteiger partial charge in [0.05, 0.1) is 11.6 Å². The molecule has 94 valence electrons. The van der Waals surface area contributed by atoms with Crippen molar-refractivity contribution in [1.82, 2.24) is 0 Å². The summed E-state index contributed by atoms with van der Waals surface area (Å²) in [5, 5.41) is 0. The number of ether oxygens (including phenoxy) is 1. The summed E-state index contributed by atoms with van der Waals surface area (Å²) in [6.07, 6.45) is 1.75. The van der Waals surface area contributed by atoms with Crippen molar-refractivity contribution in [3.8, 4) is 5.75 Å². The van der Waals surface area contributed by atoms with Crippen LogP contribution in [0.1, 0.15) is 25.3 Å². The molecule has 0 heterocycles. The van der Waals surface area contributed by atoms with Gasteiger partial charge in [-0.25, -0.2) is 4.39 Å². The Morgan fingerprint density at radius 2 is 2.00 bits per heavy atom. The fraction of sp³-hybridized carbons (Fsp3) is 0.500. The summed E-state index contributed by atoms with van der Waals surface area (Å²) in [5.74, 6) is -1.91. The van der Waals surface area contributed by atoms with Gasteiger partial charge in [0.25, 0.3) is 0 Å². The summed E-state index contributed by atoms with van der Waals surface area (Å²) in [4.78, 5) is 0. The van der Waals surface area contributed by atoms with Crippen molar-refractivity contribution in [3.05, 3.63) is 27.7 Å². The number of hydrogen-bond donors (Lipinski definition) is 1. The van der Waals surface area contributed by atoms with Gasteiger partial charge in [0, 0.05) is 17.0 Å². The second-order valence-electron chi connectivity index (χ2n) is 4.51. The Kier molecular flexibility index (Phi) is 3.16. The van der Waals surface area contributed by atoms with Crippen LogP contribution < -0.4 is 10.5 Å². The summed E-state index contributed by atoms with van der Waals surface area (Å²) in [6.45, 7) is 1.88. The van der Waals surface area contributed by atoms with Crippen LogP contribution in [0.2, 0.25) is 0 Å². The largest absolute Gasteiger partial charge is 0.493 e. The van der Waals surface area contributed by atoms with E-state index in [-0.39, 0.29) is 21.7 Å². The van der Waals surface area contributed by atoms with E-state index in [1.807, 2.05) is 6.92 Å². The van der Waals surface area contributed by atoms with Crippen molar-refractivity contribution in [2.75, 3.05) is 7.11 Å². The molecule has 0 bridgehead atoms. The lowest BCUT2D eigenvalue weighted by atomic mass is 9.88. The molecule has 1 unspecified atom stereocenters. The van der Waals surface area contributed by atoms with Crippen LogP contribution in [0.15, 0.2) is 10.5 Å². The molecule has 17 heavy (non-hydrogen) atoms. The number of hydrogen-bond acceptors (Lipinski definition) is 2. The molecule has 2 rings (SSSR count). The molecule has 2 nitrogen and oxygen atoms in total. The van der Waals surface area contributed by atoms with Crippen LogP contribution in [-0.2, 0) is 5.41 Å². The van der Waals surface area contributed by atoms with Crippen molar-refractivity contribution in [2.45, 2.75) is 31.2 Å². The predicted octanol–water partition coefficient (Wildman–Crippen LogP) is 3.11. The molecule has 0 saturated heterocycles. The summed E-state index contributed by atoms with van der Waals surface area (Å²) in [6, 6.07) is 1.46. The van der Waals surface area contributed by atoms with Gasteiger partial charge in [-0.05, 0) is 41.8 Å². The maximum absolute atomic E-state index is 13.8. The molecule has 0 amide bonds. The lowest BCUT2D eigenvalue weighted by Gasteiger charge is -2.23. The van der Waals surface area contributed by atoms with Gasteiger partial charge in [0.1, 0.15) is 0 Å². The molecular weight excluding hydrogens is 292 g/mol. The summed E-state index contributed by atoms with van der Waals surface area (Å²) >= 11 is 3.02. The van der Waals surface area contributed by atoms with E-state index < -0.39 is 11.6 Å². The number of rotatable bonds is 3. The van der Waals surface area contributed by atoms with Gasteiger partial charge in [-0.3, -0.25) is 0 Å². The van der Waals surface area contributed by atoms with Gasteiger partial charge < -0.3 is 10.5 Å². The summed E-state index contributed by atoms with van der Waals surface area (Å²) in [7, 11) is 1.34. The third-order valence-electron chi connectivity index (χ3n) is 3.52.